The highest BCUT2D eigenvalue weighted by Crippen LogP contribution is 2.21. The van der Waals surface area contributed by atoms with Gasteiger partial charge in [0, 0.05) is 32.8 Å². The van der Waals surface area contributed by atoms with E-state index in [-0.39, 0.29) is 12.5 Å². The van der Waals surface area contributed by atoms with Crippen molar-refractivity contribution in [1.29, 1.82) is 0 Å². The fourth-order valence-electron chi connectivity index (χ4n) is 3.30. The van der Waals surface area contributed by atoms with Gasteiger partial charge < -0.3 is 20.3 Å². The molecule has 2 unspecified atom stereocenters. The smallest absolute Gasteiger partial charge is 0.243 e. The first-order chi connectivity index (χ1) is 11.5. The minimum absolute atomic E-state index is 0.0227. The van der Waals surface area contributed by atoms with Gasteiger partial charge in [-0.3, -0.25) is 4.79 Å². The molecule has 138 valence electrons. The maximum Gasteiger partial charge on any atom is 0.243 e. The van der Waals surface area contributed by atoms with E-state index in [9.17, 15) is 4.79 Å². The normalized spacial score (nSPS) is 25.8. The lowest BCUT2D eigenvalue weighted by molar-refractivity contribution is -0.127. The topological polar surface area (TPSA) is 66.0 Å². The number of amides is 1. The zero-order chi connectivity index (χ0) is 17.5. The summed E-state index contributed by atoms with van der Waals surface area (Å²) < 4.78 is 5.85. The second-order valence-corrected chi connectivity index (χ2v) is 7.60. The molecule has 0 spiro atoms. The third kappa shape index (κ3) is 5.96. The van der Waals surface area contributed by atoms with E-state index in [2.05, 4.69) is 29.5 Å². The van der Waals surface area contributed by atoms with Gasteiger partial charge in [0.15, 0.2) is 5.96 Å². The average molecular weight is 338 g/mol. The van der Waals surface area contributed by atoms with Gasteiger partial charge in [-0.05, 0) is 31.6 Å². The number of aliphatic imine (C=N–C) groups is 1. The number of rotatable bonds is 5. The van der Waals surface area contributed by atoms with E-state index in [4.69, 9.17) is 4.74 Å². The molecule has 2 rings (SSSR count). The van der Waals surface area contributed by atoms with Crippen molar-refractivity contribution >= 4 is 11.9 Å². The molecule has 6 heteroatoms. The molecule has 0 aromatic heterocycles. The first kappa shape index (κ1) is 19.0. The molecule has 1 aliphatic heterocycles. The van der Waals surface area contributed by atoms with Gasteiger partial charge in [0.1, 0.15) is 6.54 Å². The molecular formula is C18H34N4O2. The fraction of sp³-hybridized carbons (Fsp3) is 0.889. The summed E-state index contributed by atoms with van der Waals surface area (Å²) >= 11 is 0. The van der Waals surface area contributed by atoms with Crippen LogP contribution >= 0.6 is 0 Å². The van der Waals surface area contributed by atoms with Crippen LogP contribution in [-0.2, 0) is 9.53 Å². The molecular weight excluding hydrogens is 304 g/mol. The van der Waals surface area contributed by atoms with Crippen molar-refractivity contribution < 1.29 is 9.53 Å². The molecule has 2 atom stereocenters. The molecule has 24 heavy (non-hydrogen) atoms. The van der Waals surface area contributed by atoms with E-state index in [1.54, 1.807) is 19.0 Å². The molecule has 0 aromatic carbocycles. The molecule has 6 nitrogen and oxygen atoms in total. The zero-order valence-electron chi connectivity index (χ0n) is 15.7. The lowest BCUT2D eigenvalue weighted by Gasteiger charge is -2.33. The summed E-state index contributed by atoms with van der Waals surface area (Å²) in [5.74, 6) is 1.33. The molecule has 2 fully saturated rings. The van der Waals surface area contributed by atoms with Crippen LogP contribution in [0.15, 0.2) is 4.99 Å². The third-order valence-corrected chi connectivity index (χ3v) is 4.97. The summed E-state index contributed by atoms with van der Waals surface area (Å²) in [5.41, 5.74) is 0. The first-order valence-electron chi connectivity index (χ1n) is 9.35. The second kappa shape index (κ2) is 9.25. The Labute approximate surface area is 146 Å². The molecule has 2 aliphatic rings. The summed E-state index contributed by atoms with van der Waals surface area (Å²) in [6.45, 7) is 5.38. The lowest BCUT2D eigenvalue weighted by atomic mass is 9.95. The van der Waals surface area contributed by atoms with Crippen LogP contribution in [0.1, 0.15) is 52.4 Å². The maximum atomic E-state index is 11.9. The van der Waals surface area contributed by atoms with Crippen molar-refractivity contribution in [3.05, 3.63) is 0 Å². The Morgan fingerprint density at radius 3 is 2.46 bits per heavy atom. The number of nitrogens with one attached hydrogen (secondary N) is 2. The monoisotopic (exact) mass is 338 g/mol. The van der Waals surface area contributed by atoms with Crippen LogP contribution in [0.4, 0.5) is 0 Å². The van der Waals surface area contributed by atoms with E-state index in [1.807, 2.05) is 0 Å². The minimum Gasteiger partial charge on any atom is -0.378 e. The minimum atomic E-state index is 0.0227. The predicted octanol–water partition coefficient (Wildman–Crippen LogP) is 1.76. The van der Waals surface area contributed by atoms with Crippen LogP contribution < -0.4 is 10.6 Å². The highest BCUT2D eigenvalue weighted by Gasteiger charge is 2.26. The second-order valence-electron chi connectivity index (χ2n) is 7.60. The van der Waals surface area contributed by atoms with Crippen LogP contribution in [0.2, 0.25) is 0 Å². The summed E-state index contributed by atoms with van der Waals surface area (Å²) in [7, 11) is 3.53. The number of carbonyl (C=O) groups is 1. The summed E-state index contributed by atoms with van der Waals surface area (Å²) in [4.78, 5) is 18.0. The quantitative estimate of drug-likeness (QED) is 0.592. The summed E-state index contributed by atoms with van der Waals surface area (Å²) in [5, 5.41) is 7.08. The van der Waals surface area contributed by atoms with Crippen molar-refractivity contribution in [2.75, 3.05) is 27.2 Å². The fourth-order valence-corrected chi connectivity index (χ4v) is 3.30. The zero-order valence-corrected chi connectivity index (χ0v) is 15.7. The number of nitrogens with zero attached hydrogens (tertiary/aromatic N) is 2. The number of hydrogen-bond donors (Lipinski definition) is 2. The van der Waals surface area contributed by atoms with Gasteiger partial charge in [-0.25, -0.2) is 4.99 Å². The number of hydrogen-bond acceptors (Lipinski definition) is 3. The Morgan fingerprint density at radius 2 is 1.83 bits per heavy atom. The van der Waals surface area contributed by atoms with E-state index in [0.29, 0.717) is 24.1 Å². The van der Waals surface area contributed by atoms with Crippen molar-refractivity contribution in [1.82, 2.24) is 15.5 Å². The van der Waals surface area contributed by atoms with Crippen molar-refractivity contribution in [2.24, 2.45) is 10.9 Å². The maximum absolute atomic E-state index is 11.9. The Hall–Kier alpha value is -1.30. The Bertz CT molecular complexity index is 431. The summed E-state index contributed by atoms with van der Waals surface area (Å²) in [6, 6.07) is 0.833. The highest BCUT2D eigenvalue weighted by atomic mass is 16.5. The molecule has 1 heterocycles. The van der Waals surface area contributed by atoms with Crippen molar-refractivity contribution in [3.8, 4) is 0 Å². The van der Waals surface area contributed by atoms with Crippen LogP contribution in [0.3, 0.4) is 0 Å². The SMILES string of the molecule is CC(C)C1CC(NC(=NCC(=O)N(C)C)NC2CCCC2)CCO1. The predicted molar refractivity (Wildman–Crippen MR) is 97.1 cm³/mol. The van der Waals surface area contributed by atoms with Crippen molar-refractivity contribution in [3.63, 3.8) is 0 Å². The van der Waals surface area contributed by atoms with Gasteiger partial charge in [-0.1, -0.05) is 26.7 Å². The Morgan fingerprint density at radius 1 is 1.17 bits per heavy atom. The Balaban J connectivity index is 1.95. The lowest BCUT2D eigenvalue weighted by Crippen LogP contribution is -2.50. The van der Waals surface area contributed by atoms with E-state index in [0.717, 1.165) is 25.4 Å². The number of guanidine groups is 1. The average Bonchev–Trinajstić information content (AvgIpc) is 3.05. The highest BCUT2D eigenvalue weighted by molar-refractivity contribution is 5.85. The molecule has 1 amide bonds. The summed E-state index contributed by atoms with van der Waals surface area (Å²) in [6.07, 6.45) is 7.19. The molecule has 0 radical (unpaired) electrons. The van der Waals surface area contributed by atoms with Gasteiger partial charge in [0.2, 0.25) is 5.91 Å². The van der Waals surface area contributed by atoms with Gasteiger partial charge in [-0.2, -0.15) is 0 Å². The molecule has 0 bridgehead atoms. The molecule has 1 aliphatic carbocycles. The van der Waals surface area contributed by atoms with E-state index in [1.165, 1.54) is 25.7 Å². The van der Waals surface area contributed by atoms with E-state index >= 15 is 0 Å². The molecule has 1 saturated heterocycles. The van der Waals surface area contributed by atoms with Crippen LogP contribution in [0.5, 0.6) is 0 Å². The van der Waals surface area contributed by atoms with Crippen molar-refractivity contribution in [2.45, 2.75) is 70.6 Å². The van der Waals surface area contributed by atoms with Crippen LogP contribution in [-0.4, -0.2) is 62.2 Å². The largest absolute Gasteiger partial charge is 0.378 e. The number of likely N-dealkylation sites (N-methyl/N-ethyl adjacent to an activating group) is 1. The number of carbonyl (C=O) groups excluding carboxylic acids is 1. The van der Waals surface area contributed by atoms with Gasteiger partial charge in [0.25, 0.3) is 0 Å². The molecule has 0 aromatic rings. The standard InChI is InChI=1S/C18H34N4O2/c1-13(2)16-11-15(9-10-24-16)21-18(19-12-17(23)22(3)4)20-14-7-5-6-8-14/h13-16H,5-12H2,1-4H3,(H2,19,20,21). The first-order valence-corrected chi connectivity index (χ1v) is 9.35. The third-order valence-electron chi connectivity index (χ3n) is 4.97. The van der Waals surface area contributed by atoms with Gasteiger partial charge in [0.05, 0.1) is 6.10 Å². The van der Waals surface area contributed by atoms with Crippen LogP contribution in [0.25, 0.3) is 0 Å². The van der Waals surface area contributed by atoms with Gasteiger partial charge in [-0.15, -0.1) is 0 Å². The van der Waals surface area contributed by atoms with E-state index < -0.39 is 0 Å². The molecule has 1 saturated carbocycles. The van der Waals surface area contributed by atoms with Crippen LogP contribution in [0, 0.1) is 5.92 Å². The van der Waals surface area contributed by atoms with Gasteiger partial charge >= 0.3 is 0 Å². The number of ether oxygens (including phenoxy) is 1. The Kier molecular flexibility index (Phi) is 7.34. The molecule has 2 N–H and O–H groups in total.